The Labute approximate surface area is 285 Å². The van der Waals surface area contributed by atoms with Crippen molar-refractivity contribution in [3.8, 4) is 11.5 Å². The first-order valence-electron chi connectivity index (χ1n) is 15.6. The second-order valence-electron chi connectivity index (χ2n) is 11.7. The van der Waals surface area contributed by atoms with Crippen LogP contribution in [0.4, 0.5) is 5.69 Å². The van der Waals surface area contributed by atoms with Crippen molar-refractivity contribution >= 4 is 44.1 Å². The fourth-order valence-corrected chi connectivity index (χ4v) is 7.60. The highest BCUT2D eigenvalue weighted by molar-refractivity contribution is 7.89. The zero-order chi connectivity index (χ0) is 33.7. The van der Waals surface area contributed by atoms with Gasteiger partial charge >= 0.3 is 0 Å². The van der Waals surface area contributed by atoms with E-state index in [9.17, 15) is 13.2 Å². The van der Waals surface area contributed by atoms with Crippen LogP contribution in [0.25, 0.3) is 10.9 Å². The van der Waals surface area contributed by atoms with E-state index in [1.54, 1.807) is 73.6 Å². The summed E-state index contributed by atoms with van der Waals surface area (Å²) in [4.78, 5) is 13.2. The summed E-state index contributed by atoms with van der Waals surface area (Å²) in [5.74, 6) is 1.01. The average molecular weight is 689 g/mol. The standard InChI is InChI=1S/C36H37ClN4O6S/c1-45-29-13-9-25(10-14-29)21-41(22-26-11-15-30(46-2)16-12-26)48(43,44)35-20-28(38-36(42)18-27-6-3-4-8-33(27)37)19-34-32(35)24-40(39-34)23-31-7-5-17-47-31/h3-4,6,8-16,19-20,24,31H,5,7,17-18,21-23H2,1-2H3,(H,38,42). The molecule has 1 atom stereocenters. The van der Waals surface area contributed by atoms with E-state index in [0.29, 0.717) is 51.8 Å². The smallest absolute Gasteiger partial charge is 0.244 e. The summed E-state index contributed by atoms with van der Waals surface area (Å²) >= 11 is 6.31. The monoisotopic (exact) mass is 688 g/mol. The summed E-state index contributed by atoms with van der Waals surface area (Å²) in [6.07, 6.45) is 3.64. The summed E-state index contributed by atoms with van der Waals surface area (Å²) in [5, 5.41) is 8.55. The number of anilines is 1. The molecule has 0 bridgehead atoms. The number of amides is 1. The van der Waals surface area contributed by atoms with Gasteiger partial charge in [-0.2, -0.15) is 9.40 Å². The molecule has 1 aliphatic rings. The van der Waals surface area contributed by atoms with E-state index in [-0.39, 0.29) is 36.4 Å². The number of sulfonamides is 1. The van der Waals surface area contributed by atoms with Crippen LogP contribution in [0.5, 0.6) is 11.5 Å². The number of fused-ring (bicyclic) bond motifs is 1. The lowest BCUT2D eigenvalue weighted by Crippen LogP contribution is -2.30. The molecular formula is C36H37ClN4O6S. The predicted molar refractivity (Wildman–Crippen MR) is 185 cm³/mol. The molecule has 0 aliphatic carbocycles. The molecule has 4 aromatic carbocycles. The van der Waals surface area contributed by atoms with E-state index >= 15 is 0 Å². The third-order valence-electron chi connectivity index (χ3n) is 8.30. The Morgan fingerprint density at radius 1 is 0.979 bits per heavy atom. The van der Waals surface area contributed by atoms with Crippen molar-refractivity contribution in [2.75, 3.05) is 26.1 Å². The van der Waals surface area contributed by atoms with E-state index in [1.165, 1.54) is 10.4 Å². The Hall–Kier alpha value is -4.42. The first-order chi connectivity index (χ1) is 23.2. The minimum absolute atomic E-state index is 0.00388. The Balaban J connectivity index is 1.40. The second kappa shape index (κ2) is 14.8. The lowest BCUT2D eigenvalue weighted by molar-refractivity contribution is -0.115. The lowest BCUT2D eigenvalue weighted by Gasteiger charge is -2.23. The van der Waals surface area contributed by atoms with E-state index in [1.807, 2.05) is 30.3 Å². The van der Waals surface area contributed by atoms with E-state index < -0.39 is 10.0 Å². The number of ether oxygens (including phenoxy) is 3. The molecule has 1 fully saturated rings. The third-order valence-corrected chi connectivity index (χ3v) is 10.5. The van der Waals surface area contributed by atoms with Crippen LogP contribution in [-0.4, -0.2) is 55.3 Å². The summed E-state index contributed by atoms with van der Waals surface area (Å²) < 4.78 is 49.2. The number of benzene rings is 4. The van der Waals surface area contributed by atoms with Gasteiger partial charge < -0.3 is 19.5 Å². The number of aromatic nitrogens is 2. The maximum absolute atomic E-state index is 14.8. The highest BCUT2D eigenvalue weighted by atomic mass is 35.5. The van der Waals surface area contributed by atoms with Crippen LogP contribution in [0.3, 0.4) is 0 Å². The van der Waals surface area contributed by atoms with Crippen LogP contribution in [-0.2, 0) is 45.6 Å². The first kappa shape index (κ1) is 33.5. The van der Waals surface area contributed by atoms with Crippen molar-refractivity contribution in [2.24, 2.45) is 0 Å². The van der Waals surface area contributed by atoms with Gasteiger partial charge in [0.2, 0.25) is 15.9 Å². The predicted octanol–water partition coefficient (Wildman–Crippen LogP) is 6.46. The molecule has 250 valence electrons. The van der Waals surface area contributed by atoms with Crippen molar-refractivity contribution in [2.45, 2.75) is 49.9 Å². The number of carbonyl (C=O) groups is 1. The van der Waals surface area contributed by atoms with Gasteiger partial charge in [0.1, 0.15) is 11.5 Å². The number of methoxy groups -OCH3 is 2. The third kappa shape index (κ3) is 7.82. The normalized spacial score (nSPS) is 14.8. The van der Waals surface area contributed by atoms with Crippen molar-refractivity contribution < 1.29 is 27.4 Å². The lowest BCUT2D eigenvalue weighted by atomic mass is 10.1. The summed E-state index contributed by atoms with van der Waals surface area (Å²) in [6.45, 7) is 1.36. The summed E-state index contributed by atoms with van der Waals surface area (Å²) in [7, 11) is -1.01. The van der Waals surface area contributed by atoms with Crippen molar-refractivity contribution in [1.82, 2.24) is 14.1 Å². The Kier molecular flexibility index (Phi) is 10.3. The van der Waals surface area contributed by atoms with Crippen molar-refractivity contribution in [1.29, 1.82) is 0 Å². The van der Waals surface area contributed by atoms with Crippen molar-refractivity contribution in [3.63, 3.8) is 0 Å². The van der Waals surface area contributed by atoms with Gasteiger partial charge in [-0.05, 0) is 72.0 Å². The molecule has 0 radical (unpaired) electrons. The highest BCUT2D eigenvalue weighted by Crippen LogP contribution is 2.32. The van der Waals surface area contributed by atoms with Crippen LogP contribution in [0.1, 0.15) is 29.5 Å². The maximum atomic E-state index is 14.8. The van der Waals surface area contributed by atoms with E-state index in [0.717, 1.165) is 24.0 Å². The minimum atomic E-state index is -4.18. The molecule has 0 saturated carbocycles. The second-order valence-corrected chi connectivity index (χ2v) is 14.0. The Morgan fingerprint density at radius 2 is 1.62 bits per heavy atom. The van der Waals surface area contributed by atoms with Gasteiger partial charge in [-0.15, -0.1) is 0 Å². The molecule has 6 rings (SSSR count). The topological polar surface area (TPSA) is 112 Å². The maximum Gasteiger partial charge on any atom is 0.244 e. The van der Waals surface area contributed by atoms with Crippen LogP contribution in [0, 0.1) is 0 Å². The quantitative estimate of drug-likeness (QED) is 0.151. The van der Waals surface area contributed by atoms with Crippen LogP contribution >= 0.6 is 11.6 Å². The largest absolute Gasteiger partial charge is 0.497 e. The molecule has 1 aromatic heterocycles. The molecule has 1 aliphatic heterocycles. The van der Waals surface area contributed by atoms with Gasteiger partial charge in [0.05, 0.1) is 43.7 Å². The SMILES string of the molecule is COc1ccc(CN(Cc2ccc(OC)cc2)S(=O)(=O)c2cc(NC(=O)Cc3ccccc3Cl)cc3nn(CC4CCCO4)cc23)cc1. The number of hydrogen-bond acceptors (Lipinski definition) is 7. The Bertz CT molecular complexity index is 1940. The number of carbonyl (C=O) groups excluding carboxylic acids is 1. The van der Waals surface area contributed by atoms with Gasteiger partial charge in [-0.25, -0.2) is 8.42 Å². The van der Waals surface area contributed by atoms with Gasteiger partial charge in [0, 0.05) is 42.0 Å². The Morgan fingerprint density at radius 3 is 2.21 bits per heavy atom. The molecule has 48 heavy (non-hydrogen) atoms. The molecule has 1 saturated heterocycles. The van der Waals surface area contributed by atoms with Gasteiger partial charge in [-0.1, -0.05) is 54.1 Å². The fraction of sp³-hybridized carbons (Fsp3) is 0.278. The van der Waals surface area contributed by atoms with Gasteiger partial charge in [0.25, 0.3) is 0 Å². The van der Waals surface area contributed by atoms with Gasteiger partial charge in [-0.3, -0.25) is 9.48 Å². The van der Waals surface area contributed by atoms with Gasteiger partial charge in [0.15, 0.2) is 0 Å². The minimum Gasteiger partial charge on any atom is -0.497 e. The van der Waals surface area contributed by atoms with E-state index in [2.05, 4.69) is 5.32 Å². The van der Waals surface area contributed by atoms with Crippen molar-refractivity contribution in [3.05, 3.63) is 113 Å². The molecule has 5 aromatic rings. The molecule has 2 heterocycles. The summed E-state index contributed by atoms with van der Waals surface area (Å²) in [6, 6.07) is 24.9. The van der Waals surface area contributed by atoms with Crippen LogP contribution < -0.4 is 14.8 Å². The zero-order valence-electron chi connectivity index (χ0n) is 26.8. The summed E-state index contributed by atoms with van der Waals surface area (Å²) in [5.41, 5.74) is 2.98. The number of hydrogen-bond donors (Lipinski definition) is 1. The zero-order valence-corrected chi connectivity index (χ0v) is 28.3. The molecule has 1 unspecified atom stereocenters. The van der Waals surface area contributed by atoms with E-state index in [4.69, 9.17) is 30.9 Å². The number of nitrogens with one attached hydrogen (secondary N) is 1. The van der Waals surface area contributed by atoms with Crippen LogP contribution in [0.2, 0.25) is 5.02 Å². The molecular weight excluding hydrogens is 652 g/mol. The molecule has 12 heteroatoms. The molecule has 10 nitrogen and oxygen atoms in total. The van der Waals surface area contributed by atoms with Crippen LogP contribution in [0.15, 0.2) is 96.0 Å². The number of rotatable bonds is 13. The fourth-order valence-electron chi connectivity index (χ4n) is 5.77. The number of nitrogens with zero attached hydrogens (tertiary/aromatic N) is 3. The molecule has 0 spiro atoms. The highest BCUT2D eigenvalue weighted by Gasteiger charge is 2.29. The first-order valence-corrected chi connectivity index (χ1v) is 17.5. The number of halogens is 1. The average Bonchev–Trinajstić information content (AvgIpc) is 3.75. The molecule has 1 N–H and O–H groups in total. The molecule has 1 amide bonds.